The van der Waals surface area contributed by atoms with E-state index in [0.717, 1.165) is 0 Å². The Balaban J connectivity index is 1.91. The van der Waals surface area contributed by atoms with Gasteiger partial charge in [-0.15, -0.1) is 11.3 Å². The summed E-state index contributed by atoms with van der Waals surface area (Å²) >= 11 is 1.17. The fourth-order valence-corrected chi connectivity index (χ4v) is 6.68. The third-order valence-electron chi connectivity index (χ3n) is 4.29. The van der Waals surface area contributed by atoms with Gasteiger partial charge in [0, 0.05) is 22.8 Å². The minimum atomic E-state index is -3.81. The van der Waals surface area contributed by atoms with E-state index in [9.17, 15) is 18.1 Å². The zero-order valence-electron chi connectivity index (χ0n) is 17.5. The van der Waals surface area contributed by atoms with Crippen LogP contribution in [0.4, 0.5) is 10.8 Å². The first kappa shape index (κ1) is 24.2. The van der Waals surface area contributed by atoms with Crippen molar-refractivity contribution in [1.82, 2.24) is 4.98 Å². The second kappa shape index (κ2) is 10.5. The zero-order chi connectivity index (χ0) is 23.2. The molecule has 1 aromatic heterocycles. The van der Waals surface area contributed by atoms with Crippen LogP contribution >= 0.6 is 18.9 Å². The number of aromatic hydroxyl groups is 1. The van der Waals surface area contributed by atoms with E-state index in [4.69, 9.17) is 9.05 Å². The number of thiazole rings is 1. The van der Waals surface area contributed by atoms with E-state index in [1.165, 1.54) is 47.9 Å². The van der Waals surface area contributed by atoms with Crippen molar-refractivity contribution in [3.63, 3.8) is 0 Å². The molecule has 0 saturated heterocycles. The maximum Gasteiger partial charge on any atom is 0.357 e. The van der Waals surface area contributed by atoms with Gasteiger partial charge in [0.2, 0.25) is 0 Å². The molecule has 3 rings (SSSR count). The summed E-state index contributed by atoms with van der Waals surface area (Å²) in [4.78, 5) is 3.96. The van der Waals surface area contributed by atoms with Gasteiger partial charge in [0.25, 0.3) is 10.0 Å². The van der Waals surface area contributed by atoms with Crippen LogP contribution < -0.4 is 10.0 Å². The summed E-state index contributed by atoms with van der Waals surface area (Å²) in [6.07, 6.45) is 1.50. The van der Waals surface area contributed by atoms with Crippen LogP contribution in [-0.2, 0) is 23.6 Å². The average molecular weight is 498 g/mol. The van der Waals surface area contributed by atoms with Gasteiger partial charge in [-0.1, -0.05) is 18.2 Å². The molecule has 3 N–H and O–H groups in total. The van der Waals surface area contributed by atoms with Crippen LogP contribution in [0.5, 0.6) is 5.75 Å². The third-order valence-corrected chi connectivity index (χ3v) is 8.74. The van der Waals surface area contributed by atoms with E-state index in [1.807, 2.05) is 0 Å². The first-order chi connectivity index (χ1) is 15.3. The molecule has 0 saturated carbocycles. The van der Waals surface area contributed by atoms with Crippen LogP contribution in [0, 0.1) is 0 Å². The van der Waals surface area contributed by atoms with Crippen LogP contribution in [-0.4, -0.2) is 31.7 Å². The highest BCUT2D eigenvalue weighted by Crippen LogP contribution is 2.61. The number of phenolic OH excluding ortho intramolecular Hbond substituents is 1. The lowest BCUT2D eigenvalue weighted by Crippen LogP contribution is -2.16. The Kier molecular flexibility index (Phi) is 7.91. The van der Waals surface area contributed by atoms with E-state index >= 15 is 0 Å². The Hall–Kier alpha value is -2.43. The van der Waals surface area contributed by atoms with Crippen LogP contribution in [0.1, 0.15) is 25.2 Å². The first-order valence-corrected chi connectivity index (χ1v) is 13.7. The molecule has 0 amide bonds. The summed E-state index contributed by atoms with van der Waals surface area (Å²) < 4.78 is 52.0. The van der Waals surface area contributed by atoms with Gasteiger partial charge in [-0.3, -0.25) is 9.29 Å². The minimum absolute atomic E-state index is 0.0372. The fraction of sp³-hybridized carbons (Fsp3) is 0.250. The van der Waals surface area contributed by atoms with E-state index in [2.05, 4.69) is 15.0 Å². The summed E-state index contributed by atoms with van der Waals surface area (Å²) in [6.45, 7) is 3.68. The number of nitrogens with zero attached hydrogens (tertiary/aromatic N) is 1. The van der Waals surface area contributed by atoms with Crippen molar-refractivity contribution in [2.75, 3.05) is 23.3 Å². The molecule has 2 aromatic carbocycles. The highest BCUT2D eigenvalue weighted by molar-refractivity contribution is 7.93. The van der Waals surface area contributed by atoms with Crippen molar-refractivity contribution in [2.24, 2.45) is 0 Å². The van der Waals surface area contributed by atoms with Crippen molar-refractivity contribution in [3.8, 4) is 5.75 Å². The Morgan fingerprint density at radius 2 is 1.75 bits per heavy atom. The van der Waals surface area contributed by atoms with Crippen molar-refractivity contribution in [3.05, 3.63) is 65.7 Å². The quantitative estimate of drug-likeness (QED) is 0.315. The highest BCUT2D eigenvalue weighted by atomic mass is 32.2. The van der Waals surface area contributed by atoms with E-state index in [-0.39, 0.29) is 29.0 Å². The molecule has 0 bridgehead atoms. The molecule has 1 unspecified atom stereocenters. The maximum atomic E-state index is 13.5. The largest absolute Gasteiger partial charge is 0.508 e. The molecule has 1 atom stereocenters. The van der Waals surface area contributed by atoms with Crippen LogP contribution in [0.25, 0.3) is 0 Å². The molecule has 0 radical (unpaired) electrons. The summed E-state index contributed by atoms with van der Waals surface area (Å²) in [5.41, 5.74) is 0.797. The number of para-hydroxylation sites is 1. The number of rotatable bonds is 11. The molecule has 32 heavy (non-hydrogen) atoms. The average Bonchev–Trinajstić information content (AvgIpc) is 3.26. The predicted octanol–water partition coefficient (Wildman–Crippen LogP) is 5.03. The lowest BCUT2D eigenvalue weighted by molar-refractivity contribution is 0.213. The van der Waals surface area contributed by atoms with Crippen molar-refractivity contribution < 1.29 is 27.1 Å². The molecule has 0 aliphatic heterocycles. The Bertz CT molecular complexity index is 1160. The van der Waals surface area contributed by atoms with Crippen molar-refractivity contribution in [2.45, 2.75) is 24.5 Å². The smallest absolute Gasteiger partial charge is 0.357 e. The number of phenols is 1. The number of anilines is 2. The van der Waals surface area contributed by atoms with Crippen molar-refractivity contribution >= 4 is 39.8 Å². The zero-order valence-corrected chi connectivity index (χ0v) is 20.0. The van der Waals surface area contributed by atoms with Gasteiger partial charge < -0.3 is 19.5 Å². The molecule has 3 aromatic rings. The van der Waals surface area contributed by atoms with E-state index < -0.39 is 23.4 Å². The molecule has 0 aliphatic carbocycles. The molecule has 9 nitrogen and oxygen atoms in total. The topological polar surface area (TPSA) is 127 Å². The number of hydrogen-bond acceptors (Lipinski definition) is 9. The number of nitrogens with one attached hydrogen (secondary N) is 2. The molecular formula is C20H24N3O6PS2. The molecule has 0 aliphatic rings. The van der Waals surface area contributed by atoms with Gasteiger partial charge in [-0.25, -0.2) is 13.4 Å². The van der Waals surface area contributed by atoms with Gasteiger partial charge in [-0.05, 0) is 44.2 Å². The second-order valence-electron chi connectivity index (χ2n) is 6.45. The lowest BCUT2D eigenvalue weighted by atomic mass is 10.2. The number of aromatic nitrogens is 1. The number of hydrogen-bond donors (Lipinski definition) is 3. The summed E-state index contributed by atoms with van der Waals surface area (Å²) in [7, 11) is -7.54. The van der Waals surface area contributed by atoms with E-state index in [1.54, 1.807) is 37.4 Å². The van der Waals surface area contributed by atoms with Gasteiger partial charge in [-0.2, -0.15) is 0 Å². The standard InChI is InChI=1S/C20H24N3O6PS2/c1-3-28-30(25,29-4-2)19(17-7-5-6-8-18(17)24)22-15-9-11-16(12-10-15)32(26,27)23-20-21-13-14-31-20/h5-14,19,22,24H,3-4H2,1-2H3,(H,21,23). The van der Waals surface area contributed by atoms with Gasteiger partial charge in [0.15, 0.2) is 10.9 Å². The first-order valence-electron chi connectivity index (χ1n) is 9.74. The summed E-state index contributed by atoms with van der Waals surface area (Å²) in [5.74, 6) is -1.09. The predicted molar refractivity (Wildman–Crippen MR) is 125 cm³/mol. The number of benzene rings is 2. The van der Waals surface area contributed by atoms with Gasteiger partial charge in [0.05, 0.1) is 18.1 Å². The summed E-state index contributed by atoms with van der Waals surface area (Å²) in [6, 6.07) is 12.3. The highest BCUT2D eigenvalue weighted by Gasteiger charge is 2.38. The fourth-order valence-electron chi connectivity index (χ4n) is 2.93. The van der Waals surface area contributed by atoms with Crippen LogP contribution in [0.15, 0.2) is 65.0 Å². The van der Waals surface area contributed by atoms with Crippen LogP contribution in [0.2, 0.25) is 0 Å². The van der Waals surface area contributed by atoms with E-state index in [0.29, 0.717) is 11.3 Å². The molecule has 172 valence electrons. The molecule has 0 fully saturated rings. The molecular weight excluding hydrogens is 473 g/mol. The number of sulfonamides is 1. The molecule has 12 heteroatoms. The van der Waals surface area contributed by atoms with Crippen molar-refractivity contribution in [1.29, 1.82) is 0 Å². The Morgan fingerprint density at radius 3 is 2.31 bits per heavy atom. The molecule has 0 spiro atoms. The lowest BCUT2D eigenvalue weighted by Gasteiger charge is -2.28. The minimum Gasteiger partial charge on any atom is -0.508 e. The van der Waals surface area contributed by atoms with Gasteiger partial charge in [0.1, 0.15) is 5.75 Å². The monoisotopic (exact) mass is 497 g/mol. The third kappa shape index (κ3) is 5.67. The summed E-state index contributed by atoms with van der Waals surface area (Å²) in [5, 5.41) is 15.4. The second-order valence-corrected chi connectivity index (χ2v) is 11.1. The SMILES string of the molecule is CCOP(=O)(OCC)C(Nc1ccc(S(=O)(=O)Nc2nccs2)cc1)c1ccccc1O. The van der Waals surface area contributed by atoms with Crippen LogP contribution in [0.3, 0.4) is 0 Å². The Morgan fingerprint density at radius 1 is 1.09 bits per heavy atom. The normalized spacial score (nSPS) is 12.9. The maximum absolute atomic E-state index is 13.5. The molecule has 1 heterocycles. The Labute approximate surface area is 191 Å². The van der Waals surface area contributed by atoms with Gasteiger partial charge >= 0.3 is 7.60 Å².